The van der Waals surface area contributed by atoms with Crippen LogP contribution in [0.25, 0.3) is 0 Å². The maximum absolute atomic E-state index is 10.4. The van der Waals surface area contributed by atoms with E-state index in [2.05, 4.69) is 5.32 Å². The summed E-state index contributed by atoms with van der Waals surface area (Å²) in [6, 6.07) is 0.252. The zero-order valence-electron chi connectivity index (χ0n) is 5.09. The second kappa shape index (κ2) is 3.69. The predicted molar refractivity (Wildman–Crippen MR) is 37.5 cm³/mol. The molecular formula is C5H11ClN2O. The first-order valence-electron chi connectivity index (χ1n) is 2.82. The Balaban J connectivity index is 0.000000640. The summed E-state index contributed by atoms with van der Waals surface area (Å²) in [7, 11) is 0. The van der Waals surface area contributed by atoms with E-state index >= 15 is 0 Å². The third-order valence-corrected chi connectivity index (χ3v) is 1.37. The quantitative estimate of drug-likeness (QED) is 0.537. The lowest BCUT2D eigenvalue weighted by Gasteiger charge is -2.02. The Bertz CT molecular complexity index is 107. The Labute approximate surface area is 60.4 Å². The van der Waals surface area contributed by atoms with E-state index in [1.54, 1.807) is 0 Å². The summed E-state index contributed by atoms with van der Waals surface area (Å²) >= 11 is 0. The van der Waals surface area contributed by atoms with Gasteiger partial charge in [0.2, 0.25) is 5.91 Å². The molecule has 0 saturated carbocycles. The molecule has 1 heterocycles. The largest absolute Gasteiger partial charge is 0.352 e. The number of hydrogen-bond donors (Lipinski definition) is 2. The second-order valence-electron chi connectivity index (χ2n) is 2.04. The lowest BCUT2D eigenvalue weighted by atomic mass is 10.2. The van der Waals surface area contributed by atoms with Gasteiger partial charge in [-0.3, -0.25) is 4.79 Å². The molecule has 0 bridgehead atoms. The summed E-state index contributed by atoms with van der Waals surface area (Å²) in [5.74, 6) is 0.139. The number of carbonyl (C=O) groups is 1. The van der Waals surface area contributed by atoms with Gasteiger partial charge in [-0.1, -0.05) is 0 Å². The summed E-state index contributed by atoms with van der Waals surface area (Å²) in [5, 5.41) is 2.74. The molecule has 1 fully saturated rings. The fourth-order valence-electron chi connectivity index (χ4n) is 0.854. The van der Waals surface area contributed by atoms with Crippen molar-refractivity contribution in [3.05, 3.63) is 0 Å². The van der Waals surface area contributed by atoms with Crippen molar-refractivity contribution in [1.82, 2.24) is 5.32 Å². The van der Waals surface area contributed by atoms with E-state index in [9.17, 15) is 4.79 Å². The minimum absolute atomic E-state index is 0. The van der Waals surface area contributed by atoms with Crippen molar-refractivity contribution >= 4 is 18.3 Å². The summed E-state index contributed by atoms with van der Waals surface area (Å²) in [6.45, 7) is 0.575. The summed E-state index contributed by atoms with van der Waals surface area (Å²) in [4.78, 5) is 10.4. The number of hydrogen-bond acceptors (Lipinski definition) is 2. The lowest BCUT2D eigenvalue weighted by Crippen LogP contribution is -2.32. The van der Waals surface area contributed by atoms with E-state index in [0.717, 1.165) is 6.42 Å². The third kappa shape index (κ3) is 2.20. The number of carbonyl (C=O) groups excluding carboxylic acids is 1. The molecule has 1 amide bonds. The Morgan fingerprint density at radius 2 is 2.44 bits per heavy atom. The molecule has 1 rings (SSSR count). The minimum Gasteiger partial charge on any atom is -0.352 e. The molecule has 0 aliphatic carbocycles. The van der Waals surface area contributed by atoms with Crippen molar-refractivity contribution in [2.75, 3.05) is 6.54 Å². The van der Waals surface area contributed by atoms with Gasteiger partial charge in [-0.2, -0.15) is 0 Å². The number of rotatable bonds is 1. The van der Waals surface area contributed by atoms with Gasteiger partial charge in [-0.15, -0.1) is 12.4 Å². The first-order chi connectivity index (χ1) is 3.83. The van der Waals surface area contributed by atoms with Gasteiger partial charge in [0.15, 0.2) is 0 Å². The van der Waals surface area contributed by atoms with E-state index < -0.39 is 0 Å². The van der Waals surface area contributed by atoms with Crippen molar-refractivity contribution in [1.29, 1.82) is 0 Å². The van der Waals surface area contributed by atoms with E-state index in [-0.39, 0.29) is 24.4 Å². The van der Waals surface area contributed by atoms with Gasteiger partial charge in [-0.05, 0) is 6.42 Å². The van der Waals surface area contributed by atoms with Crippen LogP contribution in [0.2, 0.25) is 0 Å². The molecule has 3 nitrogen and oxygen atoms in total. The van der Waals surface area contributed by atoms with Gasteiger partial charge < -0.3 is 11.1 Å². The number of nitrogens with two attached hydrogens (primary N) is 1. The standard InChI is InChI=1S/C5H10N2O.ClH/c6-3-4-1-2-5(8)7-4;/h4H,1-3,6H2,(H,7,8);1H/t4-;/m1./s1. The zero-order valence-corrected chi connectivity index (χ0v) is 5.91. The van der Waals surface area contributed by atoms with Crippen molar-refractivity contribution in [2.45, 2.75) is 18.9 Å². The van der Waals surface area contributed by atoms with Crippen LogP contribution >= 0.6 is 12.4 Å². The van der Waals surface area contributed by atoms with Crippen molar-refractivity contribution in [3.8, 4) is 0 Å². The Hall–Kier alpha value is -0.280. The Morgan fingerprint density at radius 3 is 2.67 bits per heavy atom. The number of halogens is 1. The number of amides is 1. The summed E-state index contributed by atoms with van der Waals surface area (Å²) in [6.07, 6.45) is 1.57. The molecule has 1 atom stereocenters. The predicted octanol–water partition coefficient (Wildman–Crippen LogP) is -0.355. The van der Waals surface area contributed by atoms with E-state index in [4.69, 9.17) is 5.73 Å². The average Bonchev–Trinajstić information content (AvgIpc) is 2.14. The monoisotopic (exact) mass is 150 g/mol. The van der Waals surface area contributed by atoms with Crippen LogP contribution < -0.4 is 11.1 Å². The van der Waals surface area contributed by atoms with Crippen molar-refractivity contribution < 1.29 is 4.79 Å². The first kappa shape index (κ1) is 8.72. The highest BCUT2D eigenvalue weighted by atomic mass is 35.5. The molecular weight excluding hydrogens is 140 g/mol. The highest BCUT2D eigenvalue weighted by Gasteiger charge is 2.17. The van der Waals surface area contributed by atoms with Crippen LogP contribution in [-0.2, 0) is 4.79 Å². The molecule has 1 saturated heterocycles. The zero-order chi connectivity index (χ0) is 5.98. The first-order valence-corrected chi connectivity index (χ1v) is 2.82. The number of nitrogens with one attached hydrogen (secondary N) is 1. The SMILES string of the molecule is Cl.NC[C@H]1CCC(=O)N1. The fraction of sp³-hybridized carbons (Fsp3) is 0.800. The highest BCUT2D eigenvalue weighted by molar-refractivity contribution is 5.85. The van der Waals surface area contributed by atoms with Gasteiger partial charge >= 0.3 is 0 Å². The summed E-state index contributed by atoms with van der Waals surface area (Å²) in [5.41, 5.74) is 5.28. The minimum atomic E-state index is 0. The molecule has 1 aliphatic rings. The molecule has 54 valence electrons. The Morgan fingerprint density at radius 1 is 1.78 bits per heavy atom. The molecule has 0 radical (unpaired) electrons. The molecule has 0 spiro atoms. The van der Waals surface area contributed by atoms with Crippen LogP contribution in [0.1, 0.15) is 12.8 Å². The maximum Gasteiger partial charge on any atom is 0.220 e. The van der Waals surface area contributed by atoms with Crippen LogP contribution in [0.4, 0.5) is 0 Å². The van der Waals surface area contributed by atoms with Crippen LogP contribution in [0, 0.1) is 0 Å². The van der Waals surface area contributed by atoms with E-state index in [0.29, 0.717) is 13.0 Å². The topological polar surface area (TPSA) is 55.1 Å². The average molecular weight is 151 g/mol. The molecule has 9 heavy (non-hydrogen) atoms. The highest BCUT2D eigenvalue weighted by Crippen LogP contribution is 2.03. The fourth-order valence-corrected chi connectivity index (χ4v) is 0.854. The third-order valence-electron chi connectivity index (χ3n) is 1.37. The van der Waals surface area contributed by atoms with E-state index in [1.807, 2.05) is 0 Å². The van der Waals surface area contributed by atoms with Crippen LogP contribution in [-0.4, -0.2) is 18.5 Å². The van der Waals surface area contributed by atoms with Crippen LogP contribution in [0.15, 0.2) is 0 Å². The van der Waals surface area contributed by atoms with Crippen molar-refractivity contribution in [3.63, 3.8) is 0 Å². The molecule has 4 heteroatoms. The van der Waals surface area contributed by atoms with Gasteiger partial charge in [0, 0.05) is 19.0 Å². The molecule has 1 aliphatic heterocycles. The second-order valence-corrected chi connectivity index (χ2v) is 2.04. The Kier molecular flexibility index (Phi) is 3.58. The lowest BCUT2D eigenvalue weighted by molar-refractivity contribution is -0.119. The van der Waals surface area contributed by atoms with E-state index in [1.165, 1.54) is 0 Å². The smallest absolute Gasteiger partial charge is 0.220 e. The van der Waals surface area contributed by atoms with Crippen LogP contribution in [0.5, 0.6) is 0 Å². The maximum atomic E-state index is 10.4. The van der Waals surface area contributed by atoms with Crippen LogP contribution in [0.3, 0.4) is 0 Å². The van der Waals surface area contributed by atoms with Gasteiger partial charge in [-0.25, -0.2) is 0 Å². The summed E-state index contributed by atoms with van der Waals surface area (Å²) < 4.78 is 0. The molecule has 0 aromatic carbocycles. The molecule has 3 N–H and O–H groups in total. The van der Waals surface area contributed by atoms with Crippen molar-refractivity contribution in [2.24, 2.45) is 5.73 Å². The van der Waals surface area contributed by atoms with Gasteiger partial charge in [0.1, 0.15) is 0 Å². The molecule has 0 aromatic rings. The molecule has 0 aromatic heterocycles. The normalized spacial score (nSPS) is 25.0. The van der Waals surface area contributed by atoms with Gasteiger partial charge in [0.25, 0.3) is 0 Å². The van der Waals surface area contributed by atoms with Gasteiger partial charge in [0.05, 0.1) is 0 Å². The molecule has 0 unspecified atom stereocenters.